The van der Waals surface area contributed by atoms with Crippen molar-refractivity contribution in [1.29, 1.82) is 0 Å². The van der Waals surface area contributed by atoms with Gasteiger partial charge in [0.05, 0.1) is 14.2 Å². The standard InChI is InChI=1S/C12H17NO2/c1-13-8-4-5-10-9-11(14-2)6-7-12(10)15-3/h4-7,9,13H,8H2,1-3H3. The first-order valence-corrected chi connectivity index (χ1v) is 4.85. The Balaban J connectivity index is 2.90. The van der Waals surface area contributed by atoms with E-state index in [1.54, 1.807) is 14.2 Å². The zero-order valence-electron chi connectivity index (χ0n) is 9.41. The van der Waals surface area contributed by atoms with E-state index < -0.39 is 0 Å². The van der Waals surface area contributed by atoms with Crippen LogP contribution in [0.3, 0.4) is 0 Å². The van der Waals surface area contributed by atoms with Crippen LogP contribution in [0.2, 0.25) is 0 Å². The maximum Gasteiger partial charge on any atom is 0.126 e. The van der Waals surface area contributed by atoms with E-state index in [9.17, 15) is 0 Å². The van der Waals surface area contributed by atoms with Gasteiger partial charge >= 0.3 is 0 Å². The molecule has 1 aromatic rings. The van der Waals surface area contributed by atoms with Gasteiger partial charge in [-0.2, -0.15) is 0 Å². The highest BCUT2D eigenvalue weighted by molar-refractivity contribution is 5.59. The minimum absolute atomic E-state index is 0.833. The van der Waals surface area contributed by atoms with Crippen LogP contribution in [0.15, 0.2) is 24.3 Å². The quantitative estimate of drug-likeness (QED) is 0.800. The number of benzene rings is 1. The lowest BCUT2D eigenvalue weighted by molar-refractivity contribution is 0.402. The van der Waals surface area contributed by atoms with Crippen molar-refractivity contribution in [2.45, 2.75) is 0 Å². The maximum absolute atomic E-state index is 5.25. The molecule has 1 rings (SSSR count). The lowest BCUT2D eigenvalue weighted by Gasteiger charge is -2.06. The van der Waals surface area contributed by atoms with E-state index in [1.165, 1.54) is 0 Å². The summed E-state index contributed by atoms with van der Waals surface area (Å²) in [6.07, 6.45) is 4.05. The van der Waals surface area contributed by atoms with Crippen LogP contribution in [-0.4, -0.2) is 27.8 Å². The van der Waals surface area contributed by atoms with Crippen molar-refractivity contribution in [2.75, 3.05) is 27.8 Å². The number of nitrogens with one attached hydrogen (secondary N) is 1. The van der Waals surface area contributed by atoms with Gasteiger partial charge < -0.3 is 14.8 Å². The van der Waals surface area contributed by atoms with E-state index in [2.05, 4.69) is 5.32 Å². The molecule has 0 fully saturated rings. The predicted octanol–water partition coefficient (Wildman–Crippen LogP) is 1.94. The SMILES string of the molecule is CNCC=Cc1cc(OC)ccc1OC. The molecule has 0 amide bonds. The van der Waals surface area contributed by atoms with Gasteiger partial charge in [-0.25, -0.2) is 0 Å². The van der Waals surface area contributed by atoms with Crippen molar-refractivity contribution < 1.29 is 9.47 Å². The highest BCUT2D eigenvalue weighted by Crippen LogP contribution is 2.24. The van der Waals surface area contributed by atoms with E-state index in [0.29, 0.717) is 0 Å². The Bertz CT molecular complexity index is 334. The second kappa shape index (κ2) is 6.09. The van der Waals surface area contributed by atoms with Gasteiger partial charge in [0, 0.05) is 12.1 Å². The Hall–Kier alpha value is -1.48. The summed E-state index contributed by atoms with van der Waals surface area (Å²) in [6.45, 7) is 0.834. The molecule has 3 nitrogen and oxygen atoms in total. The van der Waals surface area contributed by atoms with E-state index >= 15 is 0 Å². The van der Waals surface area contributed by atoms with Crippen molar-refractivity contribution in [3.8, 4) is 11.5 Å². The Morgan fingerprint density at radius 3 is 2.67 bits per heavy atom. The number of likely N-dealkylation sites (N-methyl/N-ethyl adjacent to an activating group) is 1. The highest BCUT2D eigenvalue weighted by atomic mass is 16.5. The predicted molar refractivity (Wildman–Crippen MR) is 62.5 cm³/mol. The summed E-state index contributed by atoms with van der Waals surface area (Å²) in [4.78, 5) is 0. The Morgan fingerprint density at radius 1 is 1.27 bits per heavy atom. The Morgan fingerprint density at radius 2 is 2.07 bits per heavy atom. The van der Waals surface area contributed by atoms with E-state index in [1.807, 2.05) is 37.4 Å². The summed E-state index contributed by atoms with van der Waals surface area (Å²) in [7, 11) is 5.23. The molecule has 0 aromatic heterocycles. The Kier molecular flexibility index (Phi) is 4.71. The average molecular weight is 207 g/mol. The van der Waals surface area contributed by atoms with Crippen LogP contribution in [0.5, 0.6) is 11.5 Å². The molecular formula is C12H17NO2. The lowest BCUT2D eigenvalue weighted by atomic mass is 10.1. The maximum atomic E-state index is 5.25. The van der Waals surface area contributed by atoms with E-state index in [-0.39, 0.29) is 0 Å². The van der Waals surface area contributed by atoms with Crippen LogP contribution >= 0.6 is 0 Å². The van der Waals surface area contributed by atoms with Crippen LogP contribution in [0, 0.1) is 0 Å². The second-order valence-electron chi connectivity index (χ2n) is 3.07. The minimum Gasteiger partial charge on any atom is -0.497 e. The van der Waals surface area contributed by atoms with Gasteiger partial charge in [0.1, 0.15) is 11.5 Å². The molecule has 0 saturated heterocycles. The minimum atomic E-state index is 0.833. The third-order valence-electron chi connectivity index (χ3n) is 2.06. The molecule has 82 valence electrons. The van der Waals surface area contributed by atoms with Crippen molar-refractivity contribution >= 4 is 6.08 Å². The summed E-state index contributed by atoms with van der Waals surface area (Å²) in [5.41, 5.74) is 1.02. The largest absolute Gasteiger partial charge is 0.497 e. The van der Waals surface area contributed by atoms with E-state index in [4.69, 9.17) is 9.47 Å². The fraction of sp³-hybridized carbons (Fsp3) is 0.333. The van der Waals surface area contributed by atoms with Crippen LogP contribution in [-0.2, 0) is 0 Å². The van der Waals surface area contributed by atoms with Crippen molar-refractivity contribution in [1.82, 2.24) is 5.32 Å². The van der Waals surface area contributed by atoms with Gasteiger partial charge in [0.25, 0.3) is 0 Å². The first kappa shape index (κ1) is 11.6. The Labute approximate surface area is 90.7 Å². The first-order chi connectivity index (χ1) is 7.31. The smallest absolute Gasteiger partial charge is 0.126 e. The highest BCUT2D eigenvalue weighted by Gasteiger charge is 2.00. The number of methoxy groups -OCH3 is 2. The summed E-state index contributed by atoms with van der Waals surface area (Å²) in [5, 5.41) is 3.05. The van der Waals surface area contributed by atoms with Gasteiger partial charge in [-0.05, 0) is 25.2 Å². The molecular weight excluding hydrogens is 190 g/mol. The van der Waals surface area contributed by atoms with E-state index in [0.717, 1.165) is 23.6 Å². The second-order valence-corrected chi connectivity index (χ2v) is 3.07. The molecule has 0 radical (unpaired) electrons. The molecule has 0 unspecified atom stereocenters. The first-order valence-electron chi connectivity index (χ1n) is 4.85. The summed E-state index contributed by atoms with van der Waals surface area (Å²) in [6, 6.07) is 5.73. The molecule has 15 heavy (non-hydrogen) atoms. The summed E-state index contributed by atoms with van der Waals surface area (Å²) >= 11 is 0. The normalized spacial score (nSPS) is 10.6. The molecule has 1 aromatic carbocycles. The van der Waals surface area contributed by atoms with Gasteiger partial charge in [-0.1, -0.05) is 12.2 Å². The molecule has 3 heteroatoms. The summed E-state index contributed by atoms with van der Waals surface area (Å²) < 4.78 is 10.4. The summed E-state index contributed by atoms with van der Waals surface area (Å²) in [5.74, 6) is 1.68. The molecule has 0 heterocycles. The lowest BCUT2D eigenvalue weighted by Crippen LogP contribution is -2.03. The van der Waals surface area contributed by atoms with Crippen LogP contribution in [0.25, 0.3) is 6.08 Å². The fourth-order valence-corrected chi connectivity index (χ4v) is 1.27. The molecule has 0 saturated carbocycles. The molecule has 0 aliphatic rings. The zero-order valence-corrected chi connectivity index (χ0v) is 9.41. The molecule has 0 spiro atoms. The van der Waals surface area contributed by atoms with Gasteiger partial charge in [0.2, 0.25) is 0 Å². The molecule has 0 atom stereocenters. The molecule has 1 N–H and O–H groups in total. The third-order valence-corrected chi connectivity index (χ3v) is 2.06. The monoisotopic (exact) mass is 207 g/mol. The molecule has 0 bridgehead atoms. The van der Waals surface area contributed by atoms with Gasteiger partial charge in [-0.15, -0.1) is 0 Å². The third kappa shape index (κ3) is 3.29. The number of rotatable bonds is 5. The van der Waals surface area contributed by atoms with Crippen molar-refractivity contribution in [2.24, 2.45) is 0 Å². The molecule has 0 aliphatic heterocycles. The van der Waals surface area contributed by atoms with Crippen molar-refractivity contribution in [3.05, 3.63) is 29.8 Å². The average Bonchev–Trinajstić information content (AvgIpc) is 2.29. The van der Waals surface area contributed by atoms with Gasteiger partial charge in [0.15, 0.2) is 0 Å². The van der Waals surface area contributed by atoms with Gasteiger partial charge in [-0.3, -0.25) is 0 Å². The number of hydrogen-bond acceptors (Lipinski definition) is 3. The number of ether oxygens (including phenoxy) is 2. The fourth-order valence-electron chi connectivity index (χ4n) is 1.27. The number of hydrogen-bond donors (Lipinski definition) is 1. The van der Waals surface area contributed by atoms with Crippen molar-refractivity contribution in [3.63, 3.8) is 0 Å². The van der Waals surface area contributed by atoms with Crippen LogP contribution in [0.1, 0.15) is 5.56 Å². The van der Waals surface area contributed by atoms with Crippen LogP contribution in [0.4, 0.5) is 0 Å². The topological polar surface area (TPSA) is 30.5 Å². The molecule has 0 aliphatic carbocycles. The zero-order chi connectivity index (χ0) is 11.1. The van der Waals surface area contributed by atoms with Crippen LogP contribution < -0.4 is 14.8 Å².